The summed E-state index contributed by atoms with van der Waals surface area (Å²) in [5, 5.41) is 3.46. The highest BCUT2D eigenvalue weighted by Crippen LogP contribution is 2.30. The van der Waals surface area contributed by atoms with Gasteiger partial charge in [0.15, 0.2) is 0 Å². The standard InChI is InChI=1S/C17H27BrN2/c1-4-20(11-14-5-6-14)12-16-8-7-15(9-17(16)18)10-19-13(2)3/h7-9,13-14,19H,4-6,10-12H2,1-3H3. The van der Waals surface area contributed by atoms with Crippen LogP contribution in [0.5, 0.6) is 0 Å². The van der Waals surface area contributed by atoms with Crippen LogP contribution in [0.1, 0.15) is 44.7 Å². The van der Waals surface area contributed by atoms with E-state index in [1.54, 1.807) is 0 Å². The topological polar surface area (TPSA) is 15.3 Å². The molecule has 1 saturated carbocycles. The first kappa shape index (κ1) is 16.0. The minimum Gasteiger partial charge on any atom is -0.310 e. The molecule has 2 nitrogen and oxygen atoms in total. The molecule has 1 aromatic carbocycles. The van der Waals surface area contributed by atoms with Gasteiger partial charge in [0, 0.05) is 30.1 Å². The van der Waals surface area contributed by atoms with Crippen LogP contribution in [0, 0.1) is 5.92 Å². The number of halogens is 1. The van der Waals surface area contributed by atoms with Gasteiger partial charge in [-0.25, -0.2) is 0 Å². The number of rotatable bonds is 8. The van der Waals surface area contributed by atoms with E-state index in [0.717, 1.165) is 25.6 Å². The zero-order valence-electron chi connectivity index (χ0n) is 13.0. The van der Waals surface area contributed by atoms with Gasteiger partial charge in [-0.05, 0) is 42.5 Å². The van der Waals surface area contributed by atoms with Gasteiger partial charge in [-0.1, -0.05) is 48.8 Å². The zero-order valence-corrected chi connectivity index (χ0v) is 14.5. The number of hydrogen-bond donors (Lipinski definition) is 1. The van der Waals surface area contributed by atoms with Crippen LogP contribution in [0.2, 0.25) is 0 Å². The van der Waals surface area contributed by atoms with Gasteiger partial charge in [-0.15, -0.1) is 0 Å². The van der Waals surface area contributed by atoms with Crippen LogP contribution >= 0.6 is 15.9 Å². The van der Waals surface area contributed by atoms with Crippen molar-refractivity contribution in [2.45, 2.75) is 52.7 Å². The van der Waals surface area contributed by atoms with Crippen molar-refractivity contribution in [1.82, 2.24) is 10.2 Å². The maximum atomic E-state index is 3.74. The zero-order chi connectivity index (χ0) is 14.5. The van der Waals surface area contributed by atoms with Crippen molar-refractivity contribution >= 4 is 15.9 Å². The van der Waals surface area contributed by atoms with Crippen LogP contribution in [-0.4, -0.2) is 24.0 Å². The molecule has 112 valence electrons. The van der Waals surface area contributed by atoms with Crippen molar-refractivity contribution in [1.29, 1.82) is 0 Å². The minimum atomic E-state index is 0.530. The van der Waals surface area contributed by atoms with Crippen LogP contribution < -0.4 is 5.32 Å². The van der Waals surface area contributed by atoms with Gasteiger partial charge in [0.2, 0.25) is 0 Å². The van der Waals surface area contributed by atoms with E-state index < -0.39 is 0 Å². The molecular weight excluding hydrogens is 312 g/mol. The van der Waals surface area contributed by atoms with Crippen molar-refractivity contribution in [2.24, 2.45) is 5.92 Å². The van der Waals surface area contributed by atoms with E-state index in [9.17, 15) is 0 Å². The summed E-state index contributed by atoms with van der Waals surface area (Å²) < 4.78 is 1.25. The smallest absolute Gasteiger partial charge is 0.0244 e. The lowest BCUT2D eigenvalue weighted by molar-refractivity contribution is 0.268. The molecule has 1 N–H and O–H groups in total. The normalized spacial score (nSPS) is 15.3. The molecule has 0 saturated heterocycles. The lowest BCUT2D eigenvalue weighted by atomic mass is 10.1. The van der Waals surface area contributed by atoms with E-state index in [0.29, 0.717) is 6.04 Å². The molecule has 20 heavy (non-hydrogen) atoms. The minimum absolute atomic E-state index is 0.530. The lowest BCUT2D eigenvalue weighted by Crippen LogP contribution is -2.25. The first-order chi connectivity index (χ1) is 9.58. The molecule has 0 unspecified atom stereocenters. The van der Waals surface area contributed by atoms with Crippen molar-refractivity contribution in [3.63, 3.8) is 0 Å². The molecule has 0 radical (unpaired) electrons. The number of hydrogen-bond acceptors (Lipinski definition) is 2. The van der Waals surface area contributed by atoms with Crippen LogP contribution in [-0.2, 0) is 13.1 Å². The van der Waals surface area contributed by atoms with Crippen molar-refractivity contribution < 1.29 is 0 Å². The van der Waals surface area contributed by atoms with E-state index in [4.69, 9.17) is 0 Å². The highest BCUT2D eigenvalue weighted by Gasteiger charge is 2.23. The molecule has 1 aromatic rings. The van der Waals surface area contributed by atoms with Crippen LogP contribution in [0.15, 0.2) is 22.7 Å². The monoisotopic (exact) mass is 338 g/mol. The Labute approximate surface area is 132 Å². The maximum Gasteiger partial charge on any atom is 0.0244 e. The Morgan fingerprint density at radius 3 is 2.65 bits per heavy atom. The van der Waals surface area contributed by atoms with Gasteiger partial charge < -0.3 is 5.32 Å². The average molecular weight is 339 g/mol. The molecule has 1 aliphatic carbocycles. The molecule has 0 bridgehead atoms. The molecule has 0 aliphatic heterocycles. The Morgan fingerprint density at radius 1 is 1.35 bits per heavy atom. The fourth-order valence-corrected chi connectivity index (χ4v) is 2.91. The summed E-state index contributed by atoms with van der Waals surface area (Å²) in [4.78, 5) is 2.56. The fourth-order valence-electron chi connectivity index (χ4n) is 2.36. The third kappa shape index (κ3) is 5.19. The lowest BCUT2D eigenvalue weighted by Gasteiger charge is -2.21. The van der Waals surface area contributed by atoms with Gasteiger partial charge in [0.05, 0.1) is 0 Å². The Balaban J connectivity index is 1.93. The molecule has 0 atom stereocenters. The van der Waals surface area contributed by atoms with Gasteiger partial charge in [0.25, 0.3) is 0 Å². The SMILES string of the molecule is CCN(Cc1ccc(CNC(C)C)cc1Br)CC1CC1. The van der Waals surface area contributed by atoms with E-state index >= 15 is 0 Å². The Hall–Kier alpha value is -0.380. The van der Waals surface area contributed by atoms with Crippen molar-refractivity contribution in [3.05, 3.63) is 33.8 Å². The number of nitrogens with one attached hydrogen (secondary N) is 1. The third-order valence-electron chi connectivity index (χ3n) is 3.89. The second kappa shape index (κ2) is 7.58. The van der Waals surface area contributed by atoms with E-state index in [1.807, 2.05) is 0 Å². The van der Waals surface area contributed by atoms with Gasteiger partial charge in [-0.2, -0.15) is 0 Å². The fraction of sp³-hybridized carbons (Fsp3) is 0.647. The van der Waals surface area contributed by atoms with E-state index in [-0.39, 0.29) is 0 Å². The highest BCUT2D eigenvalue weighted by molar-refractivity contribution is 9.10. The molecule has 0 heterocycles. The largest absolute Gasteiger partial charge is 0.310 e. The van der Waals surface area contributed by atoms with E-state index in [2.05, 4.69) is 65.1 Å². The predicted octanol–water partition coefficient (Wildman–Crippen LogP) is 4.18. The van der Waals surface area contributed by atoms with Crippen LogP contribution in [0.4, 0.5) is 0 Å². The number of benzene rings is 1. The van der Waals surface area contributed by atoms with Crippen molar-refractivity contribution in [3.8, 4) is 0 Å². The highest BCUT2D eigenvalue weighted by atomic mass is 79.9. The summed E-state index contributed by atoms with van der Waals surface area (Å²) in [5.41, 5.74) is 2.75. The quantitative estimate of drug-likeness (QED) is 0.764. The van der Waals surface area contributed by atoms with Crippen LogP contribution in [0.3, 0.4) is 0 Å². The first-order valence-corrected chi connectivity index (χ1v) is 8.60. The molecule has 2 rings (SSSR count). The summed E-state index contributed by atoms with van der Waals surface area (Å²) in [6.07, 6.45) is 2.86. The predicted molar refractivity (Wildman–Crippen MR) is 89.8 cm³/mol. The molecule has 3 heteroatoms. The Kier molecular flexibility index (Phi) is 6.06. The van der Waals surface area contributed by atoms with Crippen molar-refractivity contribution in [2.75, 3.05) is 13.1 Å². The third-order valence-corrected chi connectivity index (χ3v) is 4.62. The second-order valence-corrected chi connectivity index (χ2v) is 7.09. The summed E-state index contributed by atoms with van der Waals surface area (Å²) in [5.74, 6) is 0.961. The molecule has 0 aromatic heterocycles. The second-order valence-electron chi connectivity index (χ2n) is 6.23. The van der Waals surface area contributed by atoms with Gasteiger partial charge >= 0.3 is 0 Å². The molecule has 1 fully saturated rings. The van der Waals surface area contributed by atoms with E-state index in [1.165, 1.54) is 35.0 Å². The summed E-state index contributed by atoms with van der Waals surface area (Å²) >= 11 is 3.74. The van der Waals surface area contributed by atoms with Gasteiger partial charge in [0.1, 0.15) is 0 Å². The first-order valence-electron chi connectivity index (χ1n) is 7.81. The molecule has 0 amide bonds. The molecular formula is C17H27BrN2. The summed E-state index contributed by atoms with van der Waals surface area (Å²) in [6.45, 7) is 11.0. The molecule has 0 spiro atoms. The summed E-state index contributed by atoms with van der Waals surface area (Å²) in [7, 11) is 0. The summed E-state index contributed by atoms with van der Waals surface area (Å²) in [6, 6.07) is 7.31. The number of nitrogens with zero attached hydrogens (tertiary/aromatic N) is 1. The Morgan fingerprint density at radius 2 is 2.10 bits per heavy atom. The van der Waals surface area contributed by atoms with Crippen LogP contribution in [0.25, 0.3) is 0 Å². The maximum absolute atomic E-state index is 3.74. The average Bonchev–Trinajstić information content (AvgIpc) is 3.22. The Bertz CT molecular complexity index is 427. The van der Waals surface area contributed by atoms with Gasteiger partial charge in [-0.3, -0.25) is 4.90 Å². The molecule has 1 aliphatic rings.